The Kier molecular flexibility index (Phi) is 5.28. The minimum absolute atomic E-state index is 0.154. The normalized spacial score (nSPS) is 23.0. The molecule has 1 aliphatic heterocycles. The fourth-order valence-electron chi connectivity index (χ4n) is 3.91. The summed E-state index contributed by atoms with van der Waals surface area (Å²) in [6.07, 6.45) is 6.29. The molecule has 0 bridgehead atoms. The number of allylic oxidation sites excluding steroid dienone is 2. The molecule has 1 heterocycles. The molecule has 4 rings (SSSR count). The number of benzene rings is 2. The smallest absolute Gasteiger partial charge is 0.321 e. The summed E-state index contributed by atoms with van der Waals surface area (Å²) in [6, 6.07) is 18.2. The lowest BCUT2D eigenvalue weighted by Crippen LogP contribution is -2.38. The van der Waals surface area contributed by atoms with Crippen LogP contribution in [0.25, 0.3) is 0 Å². The van der Waals surface area contributed by atoms with Gasteiger partial charge in [0.15, 0.2) is 0 Å². The molecule has 0 aromatic heterocycles. The number of carbonyl (C=O) groups excluding carboxylic acids is 1. The van der Waals surface area contributed by atoms with Gasteiger partial charge in [0, 0.05) is 0 Å². The lowest BCUT2D eigenvalue weighted by Gasteiger charge is -2.27. The monoisotopic (exact) mass is 376 g/mol. The second kappa shape index (κ2) is 8.00. The highest BCUT2D eigenvalue weighted by atomic mass is 16.3. The van der Waals surface area contributed by atoms with Crippen LogP contribution >= 0.6 is 0 Å². The number of hydrogen-bond donors (Lipinski definition) is 2. The molecule has 2 aromatic carbocycles. The van der Waals surface area contributed by atoms with E-state index in [0.717, 1.165) is 11.1 Å². The van der Waals surface area contributed by atoms with E-state index in [9.17, 15) is 15.0 Å². The van der Waals surface area contributed by atoms with Crippen molar-refractivity contribution in [2.45, 2.75) is 24.3 Å². The number of amides is 2. The van der Waals surface area contributed by atoms with Crippen LogP contribution in [-0.4, -0.2) is 51.2 Å². The topological polar surface area (TPSA) is 64.0 Å². The summed E-state index contributed by atoms with van der Waals surface area (Å²) in [6.45, 7) is 0.417. The van der Waals surface area contributed by atoms with Gasteiger partial charge in [0.2, 0.25) is 0 Å². The van der Waals surface area contributed by atoms with Gasteiger partial charge in [-0.2, -0.15) is 0 Å². The van der Waals surface area contributed by atoms with Crippen LogP contribution in [0.5, 0.6) is 0 Å². The van der Waals surface area contributed by atoms with Gasteiger partial charge in [-0.05, 0) is 11.1 Å². The average molecular weight is 376 g/mol. The van der Waals surface area contributed by atoms with Gasteiger partial charge in [0.05, 0.1) is 37.4 Å². The Bertz CT molecular complexity index is 794. The Morgan fingerprint density at radius 1 is 0.714 bits per heavy atom. The number of aliphatic hydroxyl groups is 2. The van der Waals surface area contributed by atoms with Crippen molar-refractivity contribution in [1.29, 1.82) is 0 Å². The zero-order valence-corrected chi connectivity index (χ0v) is 15.5. The van der Waals surface area contributed by atoms with Crippen molar-refractivity contribution in [3.63, 3.8) is 0 Å². The van der Waals surface area contributed by atoms with Crippen molar-refractivity contribution in [3.8, 4) is 0 Å². The maximum atomic E-state index is 13.2. The van der Waals surface area contributed by atoms with Gasteiger partial charge in [0.1, 0.15) is 0 Å². The molecule has 144 valence electrons. The highest BCUT2D eigenvalue weighted by molar-refractivity contribution is 5.79. The highest BCUT2D eigenvalue weighted by Gasteiger charge is 2.45. The predicted octanol–water partition coefficient (Wildman–Crippen LogP) is 3.05. The molecule has 1 fully saturated rings. The molecule has 2 aromatic rings. The van der Waals surface area contributed by atoms with Crippen LogP contribution in [0.15, 0.2) is 85.0 Å². The average Bonchev–Trinajstić information content (AvgIpc) is 3.01. The minimum Gasteiger partial charge on any atom is -0.387 e. The minimum atomic E-state index is -0.760. The molecule has 4 atom stereocenters. The molecule has 2 aliphatic rings. The van der Waals surface area contributed by atoms with E-state index in [1.807, 2.05) is 85.0 Å². The first-order valence-corrected chi connectivity index (χ1v) is 9.53. The molecular weight excluding hydrogens is 352 g/mol. The summed E-state index contributed by atoms with van der Waals surface area (Å²) in [5, 5.41) is 21.3. The van der Waals surface area contributed by atoms with Crippen LogP contribution < -0.4 is 0 Å². The third-order valence-electron chi connectivity index (χ3n) is 5.40. The lowest BCUT2D eigenvalue weighted by molar-refractivity contribution is 0.111. The zero-order chi connectivity index (χ0) is 19.5. The first kappa shape index (κ1) is 18.5. The second-order valence-corrected chi connectivity index (χ2v) is 7.19. The first-order chi connectivity index (χ1) is 13.6. The van der Waals surface area contributed by atoms with Crippen molar-refractivity contribution in [3.05, 3.63) is 96.1 Å². The summed E-state index contributed by atoms with van der Waals surface area (Å²) in [4.78, 5) is 16.6. The Labute approximate surface area is 164 Å². The maximum Gasteiger partial charge on any atom is 0.321 e. The van der Waals surface area contributed by atoms with E-state index in [4.69, 9.17) is 0 Å². The summed E-state index contributed by atoms with van der Waals surface area (Å²) in [5.74, 6) is 0. The van der Waals surface area contributed by atoms with Crippen LogP contribution in [0.4, 0.5) is 4.79 Å². The van der Waals surface area contributed by atoms with Crippen LogP contribution in [0.2, 0.25) is 0 Å². The third kappa shape index (κ3) is 3.59. The molecule has 1 saturated heterocycles. The number of nitrogens with zero attached hydrogens (tertiary/aromatic N) is 2. The highest BCUT2D eigenvalue weighted by Crippen LogP contribution is 2.31. The van der Waals surface area contributed by atoms with Gasteiger partial charge in [-0.3, -0.25) is 0 Å². The zero-order valence-electron chi connectivity index (χ0n) is 15.5. The fourth-order valence-corrected chi connectivity index (χ4v) is 3.91. The van der Waals surface area contributed by atoms with Crippen molar-refractivity contribution in [2.24, 2.45) is 0 Å². The van der Waals surface area contributed by atoms with E-state index >= 15 is 0 Å². The van der Waals surface area contributed by atoms with Crippen LogP contribution in [-0.2, 0) is 0 Å². The van der Waals surface area contributed by atoms with Gasteiger partial charge >= 0.3 is 6.03 Å². The number of urea groups is 1. The molecule has 4 unspecified atom stereocenters. The van der Waals surface area contributed by atoms with Gasteiger partial charge in [-0.25, -0.2) is 4.79 Å². The van der Waals surface area contributed by atoms with Crippen molar-refractivity contribution in [1.82, 2.24) is 9.80 Å². The summed E-state index contributed by atoms with van der Waals surface area (Å²) in [5.41, 5.74) is 1.56. The Morgan fingerprint density at radius 3 is 1.50 bits per heavy atom. The Hall–Kier alpha value is -2.89. The van der Waals surface area contributed by atoms with Crippen molar-refractivity contribution in [2.75, 3.05) is 13.1 Å². The van der Waals surface area contributed by atoms with E-state index in [0.29, 0.717) is 0 Å². The predicted molar refractivity (Wildman–Crippen MR) is 107 cm³/mol. The molecule has 28 heavy (non-hydrogen) atoms. The first-order valence-electron chi connectivity index (χ1n) is 9.53. The molecule has 0 radical (unpaired) electrons. The van der Waals surface area contributed by atoms with E-state index in [1.54, 1.807) is 9.80 Å². The largest absolute Gasteiger partial charge is 0.387 e. The lowest BCUT2D eigenvalue weighted by atomic mass is 10.0. The summed E-state index contributed by atoms with van der Waals surface area (Å²) in [7, 11) is 0. The molecule has 2 amide bonds. The summed E-state index contributed by atoms with van der Waals surface area (Å²) < 4.78 is 0. The summed E-state index contributed by atoms with van der Waals surface area (Å²) >= 11 is 0. The molecule has 0 saturated carbocycles. The number of rotatable bonds is 6. The number of aliphatic hydroxyl groups excluding tert-OH is 2. The van der Waals surface area contributed by atoms with Crippen molar-refractivity contribution >= 4 is 6.03 Å². The number of β-amino-alcohol motifs (C(OH)–C–C–N with tert-alkyl or cyclic N) is 2. The molecular formula is C23H24N2O3. The van der Waals surface area contributed by atoms with Gasteiger partial charge in [-0.15, -0.1) is 0 Å². The molecule has 5 heteroatoms. The second-order valence-electron chi connectivity index (χ2n) is 7.19. The molecule has 2 N–H and O–H groups in total. The molecule has 5 nitrogen and oxygen atoms in total. The van der Waals surface area contributed by atoms with Crippen LogP contribution in [0.1, 0.15) is 23.3 Å². The van der Waals surface area contributed by atoms with E-state index < -0.39 is 12.2 Å². The standard InChI is InChI=1S/C23H24N2O3/c26-21(17-9-3-1-4-10-17)15-24-19-13-7-8-14-20(19)25(23(24)28)16-22(27)18-11-5-2-6-12-18/h1-14,19-22,26-27H,15-16H2. The Morgan fingerprint density at radius 2 is 1.11 bits per heavy atom. The van der Waals surface area contributed by atoms with Gasteiger partial charge in [0.25, 0.3) is 0 Å². The van der Waals surface area contributed by atoms with E-state index in [1.165, 1.54) is 0 Å². The maximum absolute atomic E-state index is 13.2. The number of carbonyl (C=O) groups is 1. The van der Waals surface area contributed by atoms with Gasteiger partial charge < -0.3 is 20.0 Å². The number of hydrogen-bond acceptors (Lipinski definition) is 3. The van der Waals surface area contributed by atoms with Crippen LogP contribution in [0.3, 0.4) is 0 Å². The third-order valence-corrected chi connectivity index (χ3v) is 5.40. The SMILES string of the molecule is O=C1N(CC(O)c2ccccc2)C2C=CC=CC2N1CC(O)c1ccccc1. The van der Waals surface area contributed by atoms with E-state index in [-0.39, 0.29) is 31.2 Å². The Balaban J connectivity index is 1.53. The van der Waals surface area contributed by atoms with Gasteiger partial charge in [-0.1, -0.05) is 85.0 Å². The van der Waals surface area contributed by atoms with Crippen molar-refractivity contribution < 1.29 is 15.0 Å². The molecule has 1 aliphatic carbocycles. The van der Waals surface area contributed by atoms with Crippen LogP contribution in [0, 0.1) is 0 Å². The number of fused-ring (bicyclic) bond motifs is 1. The quantitative estimate of drug-likeness (QED) is 0.814. The van der Waals surface area contributed by atoms with E-state index in [2.05, 4.69) is 0 Å². The molecule has 0 spiro atoms. The fraction of sp³-hybridized carbons (Fsp3) is 0.261.